The Morgan fingerprint density at radius 3 is 2.76 bits per heavy atom. The summed E-state index contributed by atoms with van der Waals surface area (Å²) in [6.07, 6.45) is 6.20. The topological polar surface area (TPSA) is 64.4 Å². The summed E-state index contributed by atoms with van der Waals surface area (Å²) in [6.45, 7) is 0.866. The van der Waals surface area contributed by atoms with Gasteiger partial charge in [0.2, 0.25) is 5.91 Å². The van der Waals surface area contributed by atoms with Gasteiger partial charge >= 0.3 is 5.97 Å². The van der Waals surface area contributed by atoms with Crippen LogP contribution in [0, 0.1) is 0 Å². The van der Waals surface area contributed by atoms with Crippen molar-refractivity contribution in [1.82, 2.24) is 14.7 Å². The molecular formula is C19H23N3O3. The Hall–Kier alpha value is -2.63. The minimum atomic E-state index is -0.454. The van der Waals surface area contributed by atoms with Crippen molar-refractivity contribution in [2.75, 3.05) is 6.54 Å². The van der Waals surface area contributed by atoms with Gasteiger partial charge in [-0.05, 0) is 30.4 Å². The molecule has 0 saturated carbocycles. The smallest absolute Gasteiger partial charge is 0.329 e. The normalized spacial score (nSPS) is 16.8. The van der Waals surface area contributed by atoms with E-state index in [0.717, 1.165) is 17.5 Å². The molecule has 0 spiro atoms. The third-order valence-electron chi connectivity index (χ3n) is 4.46. The first-order chi connectivity index (χ1) is 12.1. The fourth-order valence-corrected chi connectivity index (χ4v) is 3.13. The van der Waals surface area contributed by atoms with Gasteiger partial charge in [-0.2, -0.15) is 5.10 Å². The lowest BCUT2D eigenvalue weighted by Gasteiger charge is -2.23. The van der Waals surface area contributed by atoms with Crippen LogP contribution in [0.2, 0.25) is 0 Å². The second kappa shape index (κ2) is 7.96. The van der Waals surface area contributed by atoms with E-state index < -0.39 is 6.04 Å². The van der Waals surface area contributed by atoms with Crippen molar-refractivity contribution in [2.45, 2.75) is 38.3 Å². The predicted molar refractivity (Wildman–Crippen MR) is 92.5 cm³/mol. The first kappa shape index (κ1) is 17.2. The number of amides is 1. The summed E-state index contributed by atoms with van der Waals surface area (Å²) in [5, 5.41) is 4.11. The number of hydrogen-bond acceptors (Lipinski definition) is 4. The minimum absolute atomic E-state index is 0.00279. The molecule has 1 amide bonds. The molecule has 1 fully saturated rings. The van der Waals surface area contributed by atoms with Crippen LogP contribution in [0.15, 0.2) is 42.7 Å². The molecular weight excluding hydrogens is 318 g/mol. The van der Waals surface area contributed by atoms with Gasteiger partial charge in [-0.15, -0.1) is 0 Å². The van der Waals surface area contributed by atoms with Gasteiger partial charge in [-0.1, -0.05) is 30.3 Å². The summed E-state index contributed by atoms with van der Waals surface area (Å²) in [6, 6.07) is 9.12. The molecule has 2 heterocycles. The van der Waals surface area contributed by atoms with E-state index in [1.165, 1.54) is 0 Å². The first-order valence-electron chi connectivity index (χ1n) is 8.61. The maximum atomic E-state index is 12.5. The minimum Gasteiger partial charge on any atom is -0.459 e. The number of carbonyl (C=O) groups is 2. The van der Waals surface area contributed by atoms with Gasteiger partial charge in [0.25, 0.3) is 0 Å². The largest absolute Gasteiger partial charge is 0.459 e. The molecule has 1 aromatic carbocycles. The number of benzene rings is 1. The SMILES string of the molecule is Cn1cc(CCC(=O)N2CCC[C@@H]2C(=O)OCc2ccccc2)cn1. The van der Waals surface area contributed by atoms with E-state index in [1.54, 1.807) is 15.8 Å². The molecule has 0 unspecified atom stereocenters. The van der Waals surface area contributed by atoms with Crippen LogP contribution in [0.1, 0.15) is 30.4 Å². The van der Waals surface area contributed by atoms with Crippen LogP contribution in [0.5, 0.6) is 0 Å². The number of nitrogens with zero attached hydrogens (tertiary/aromatic N) is 3. The molecule has 132 valence electrons. The number of aromatic nitrogens is 2. The number of rotatable bonds is 6. The molecule has 1 aromatic heterocycles. The summed E-state index contributed by atoms with van der Waals surface area (Å²) in [4.78, 5) is 26.6. The number of hydrogen-bond donors (Lipinski definition) is 0. The van der Waals surface area contributed by atoms with Gasteiger partial charge in [-0.25, -0.2) is 4.79 Å². The summed E-state index contributed by atoms with van der Waals surface area (Å²) in [7, 11) is 1.85. The Kier molecular flexibility index (Phi) is 5.48. The molecule has 0 aliphatic carbocycles. The third-order valence-corrected chi connectivity index (χ3v) is 4.46. The quantitative estimate of drug-likeness (QED) is 0.755. The van der Waals surface area contributed by atoms with E-state index >= 15 is 0 Å². The lowest BCUT2D eigenvalue weighted by Crippen LogP contribution is -2.41. The predicted octanol–water partition coefficient (Wildman–Crippen LogP) is 2.09. The average Bonchev–Trinajstić information content (AvgIpc) is 3.27. The highest BCUT2D eigenvalue weighted by Crippen LogP contribution is 2.20. The molecule has 1 aliphatic heterocycles. The Morgan fingerprint density at radius 1 is 1.24 bits per heavy atom. The zero-order valence-electron chi connectivity index (χ0n) is 14.4. The molecule has 6 heteroatoms. The average molecular weight is 341 g/mol. The second-order valence-corrected chi connectivity index (χ2v) is 6.36. The van der Waals surface area contributed by atoms with Gasteiger partial charge in [0.15, 0.2) is 0 Å². The molecule has 3 rings (SSSR count). The van der Waals surface area contributed by atoms with Crippen LogP contribution in [-0.4, -0.2) is 39.1 Å². The van der Waals surface area contributed by atoms with Gasteiger partial charge in [0, 0.05) is 26.2 Å². The fraction of sp³-hybridized carbons (Fsp3) is 0.421. The lowest BCUT2D eigenvalue weighted by atomic mass is 10.1. The summed E-state index contributed by atoms with van der Waals surface area (Å²) < 4.78 is 7.13. The third kappa shape index (κ3) is 4.47. The molecule has 2 aromatic rings. The molecule has 1 atom stereocenters. The van der Waals surface area contributed by atoms with Crippen LogP contribution in [0.25, 0.3) is 0 Å². The molecule has 1 aliphatic rings. The Morgan fingerprint density at radius 2 is 2.04 bits per heavy atom. The Labute approximate surface area is 147 Å². The first-order valence-corrected chi connectivity index (χ1v) is 8.61. The zero-order chi connectivity index (χ0) is 17.6. The van der Waals surface area contributed by atoms with Crippen LogP contribution in [0.3, 0.4) is 0 Å². The molecule has 6 nitrogen and oxygen atoms in total. The van der Waals surface area contributed by atoms with E-state index in [0.29, 0.717) is 25.8 Å². The van der Waals surface area contributed by atoms with Gasteiger partial charge in [0.05, 0.1) is 6.20 Å². The number of esters is 1. The van der Waals surface area contributed by atoms with Crippen molar-refractivity contribution in [3.8, 4) is 0 Å². The molecule has 25 heavy (non-hydrogen) atoms. The van der Waals surface area contributed by atoms with Crippen LogP contribution in [-0.2, 0) is 34.4 Å². The van der Waals surface area contributed by atoms with Gasteiger partial charge in [0.1, 0.15) is 12.6 Å². The highest BCUT2D eigenvalue weighted by atomic mass is 16.5. The standard InChI is InChI=1S/C19H23N3O3/c1-21-13-16(12-20-21)9-10-18(23)22-11-5-8-17(22)19(24)25-14-15-6-3-2-4-7-15/h2-4,6-7,12-13,17H,5,8-11,14H2,1H3/t17-/m1/s1. The van der Waals surface area contributed by atoms with E-state index in [-0.39, 0.29) is 18.5 Å². The summed E-state index contributed by atoms with van der Waals surface area (Å²) in [5.74, 6) is -0.306. The van der Waals surface area contributed by atoms with Crippen molar-refractivity contribution < 1.29 is 14.3 Å². The Balaban J connectivity index is 1.52. The monoisotopic (exact) mass is 341 g/mol. The van der Waals surface area contributed by atoms with E-state index in [1.807, 2.05) is 43.6 Å². The lowest BCUT2D eigenvalue weighted by molar-refractivity contribution is -0.154. The van der Waals surface area contributed by atoms with Crippen molar-refractivity contribution in [1.29, 1.82) is 0 Å². The molecule has 0 N–H and O–H groups in total. The molecule has 0 bridgehead atoms. The number of carbonyl (C=O) groups excluding carboxylic acids is 2. The fourth-order valence-electron chi connectivity index (χ4n) is 3.13. The highest BCUT2D eigenvalue weighted by Gasteiger charge is 2.34. The maximum Gasteiger partial charge on any atom is 0.329 e. The molecule has 0 radical (unpaired) electrons. The number of aryl methyl sites for hydroxylation is 2. The van der Waals surface area contributed by atoms with Crippen LogP contribution in [0.4, 0.5) is 0 Å². The number of likely N-dealkylation sites (tertiary alicyclic amines) is 1. The van der Waals surface area contributed by atoms with Crippen LogP contribution < -0.4 is 0 Å². The van der Waals surface area contributed by atoms with Crippen molar-refractivity contribution in [3.05, 3.63) is 53.9 Å². The van der Waals surface area contributed by atoms with Gasteiger partial charge in [-0.3, -0.25) is 9.48 Å². The van der Waals surface area contributed by atoms with Crippen molar-refractivity contribution in [3.63, 3.8) is 0 Å². The van der Waals surface area contributed by atoms with E-state index in [9.17, 15) is 9.59 Å². The molecule has 1 saturated heterocycles. The van der Waals surface area contributed by atoms with E-state index in [4.69, 9.17) is 4.74 Å². The second-order valence-electron chi connectivity index (χ2n) is 6.36. The zero-order valence-corrected chi connectivity index (χ0v) is 14.4. The highest BCUT2D eigenvalue weighted by molar-refractivity contribution is 5.85. The van der Waals surface area contributed by atoms with Crippen LogP contribution >= 0.6 is 0 Å². The van der Waals surface area contributed by atoms with Crippen molar-refractivity contribution in [2.24, 2.45) is 7.05 Å². The number of ether oxygens (including phenoxy) is 1. The summed E-state index contributed by atoms with van der Waals surface area (Å²) >= 11 is 0. The van der Waals surface area contributed by atoms with Crippen molar-refractivity contribution >= 4 is 11.9 Å². The summed E-state index contributed by atoms with van der Waals surface area (Å²) in [5.41, 5.74) is 1.97. The van der Waals surface area contributed by atoms with Gasteiger partial charge < -0.3 is 9.64 Å². The maximum absolute atomic E-state index is 12.5. The van der Waals surface area contributed by atoms with E-state index in [2.05, 4.69) is 5.10 Å². The Bertz CT molecular complexity index is 727.